The number of aliphatic hydroxyl groups excluding tert-OH is 2. The summed E-state index contributed by atoms with van der Waals surface area (Å²) >= 11 is 0. The maximum atomic E-state index is 9.49. The highest BCUT2D eigenvalue weighted by molar-refractivity contribution is 4.55. The van der Waals surface area contributed by atoms with Gasteiger partial charge in [-0.25, -0.2) is 0 Å². The van der Waals surface area contributed by atoms with Crippen LogP contribution in [0.2, 0.25) is 0 Å². The zero-order valence-electron chi connectivity index (χ0n) is 15.2. The highest BCUT2D eigenvalue weighted by atomic mass is 16.3. The molecule has 2 nitrogen and oxygen atoms in total. The lowest BCUT2D eigenvalue weighted by Crippen LogP contribution is -2.08. The van der Waals surface area contributed by atoms with E-state index in [4.69, 9.17) is 5.11 Å². The molecule has 1 unspecified atom stereocenters. The monoisotopic (exact) mass is 314 g/mol. The summed E-state index contributed by atoms with van der Waals surface area (Å²) in [5.74, 6) is 0. The van der Waals surface area contributed by atoms with Gasteiger partial charge in [0.15, 0.2) is 0 Å². The van der Waals surface area contributed by atoms with Gasteiger partial charge in [-0.05, 0) is 12.8 Å². The third kappa shape index (κ3) is 18.0. The number of aliphatic hydroxyl groups is 2. The lowest BCUT2D eigenvalue weighted by atomic mass is 10.0. The van der Waals surface area contributed by atoms with E-state index in [-0.39, 0.29) is 12.7 Å². The molecule has 0 amide bonds. The standard InChI is InChI=1S/C20H42O2/c1-2-3-4-5-6-7-8-9-10-11-12-13-14-15-16-17-20(22)18-19-21/h20-22H,2-19H2,1H3. The zero-order chi connectivity index (χ0) is 16.3. The number of hydrogen-bond acceptors (Lipinski definition) is 2. The second-order valence-electron chi connectivity index (χ2n) is 6.90. The molecule has 134 valence electrons. The molecule has 0 saturated carbocycles. The molecule has 0 heterocycles. The highest BCUT2D eigenvalue weighted by Crippen LogP contribution is 2.14. The molecule has 22 heavy (non-hydrogen) atoms. The van der Waals surface area contributed by atoms with Crippen LogP contribution in [-0.2, 0) is 0 Å². The van der Waals surface area contributed by atoms with Gasteiger partial charge in [0.2, 0.25) is 0 Å². The smallest absolute Gasteiger partial charge is 0.0562 e. The van der Waals surface area contributed by atoms with Crippen LogP contribution in [0.15, 0.2) is 0 Å². The fourth-order valence-corrected chi connectivity index (χ4v) is 3.04. The molecule has 1 atom stereocenters. The van der Waals surface area contributed by atoms with Crippen molar-refractivity contribution in [1.82, 2.24) is 0 Å². The molecule has 0 aliphatic heterocycles. The van der Waals surface area contributed by atoms with Gasteiger partial charge in [-0.2, -0.15) is 0 Å². The third-order valence-electron chi connectivity index (χ3n) is 4.60. The number of hydrogen-bond donors (Lipinski definition) is 2. The van der Waals surface area contributed by atoms with E-state index in [9.17, 15) is 5.11 Å². The van der Waals surface area contributed by atoms with Gasteiger partial charge in [-0.15, -0.1) is 0 Å². The molecular formula is C20H42O2. The summed E-state index contributed by atoms with van der Waals surface area (Å²) in [7, 11) is 0. The van der Waals surface area contributed by atoms with Gasteiger partial charge < -0.3 is 10.2 Å². The first kappa shape index (κ1) is 21.9. The first-order valence-electron chi connectivity index (χ1n) is 10.1. The predicted molar refractivity (Wildman–Crippen MR) is 97.3 cm³/mol. The van der Waals surface area contributed by atoms with Crippen LogP contribution >= 0.6 is 0 Å². The lowest BCUT2D eigenvalue weighted by molar-refractivity contribution is 0.122. The molecule has 0 radical (unpaired) electrons. The van der Waals surface area contributed by atoms with E-state index >= 15 is 0 Å². The van der Waals surface area contributed by atoms with Crippen LogP contribution in [0.4, 0.5) is 0 Å². The van der Waals surface area contributed by atoms with Crippen molar-refractivity contribution < 1.29 is 10.2 Å². The van der Waals surface area contributed by atoms with E-state index in [0.29, 0.717) is 6.42 Å². The Kier molecular flexibility index (Phi) is 18.9. The molecule has 0 aliphatic carbocycles. The molecule has 0 fully saturated rings. The molecule has 0 aromatic rings. The van der Waals surface area contributed by atoms with Crippen molar-refractivity contribution in [3.05, 3.63) is 0 Å². The van der Waals surface area contributed by atoms with E-state index in [1.807, 2.05) is 0 Å². The Balaban J connectivity index is 3.00. The summed E-state index contributed by atoms with van der Waals surface area (Å²) in [6.07, 6.45) is 21.7. The van der Waals surface area contributed by atoms with Crippen molar-refractivity contribution in [3.63, 3.8) is 0 Å². The lowest BCUT2D eigenvalue weighted by Gasteiger charge is -2.08. The van der Waals surface area contributed by atoms with Gasteiger partial charge in [-0.1, -0.05) is 103 Å². The fourth-order valence-electron chi connectivity index (χ4n) is 3.04. The second kappa shape index (κ2) is 19.0. The zero-order valence-corrected chi connectivity index (χ0v) is 15.2. The summed E-state index contributed by atoms with van der Waals surface area (Å²) in [6, 6.07) is 0. The second-order valence-corrected chi connectivity index (χ2v) is 6.90. The molecule has 0 bridgehead atoms. The minimum atomic E-state index is -0.285. The van der Waals surface area contributed by atoms with Crippen LogP contribution in [0.25, 0.3) is 0 Å². The van der Waals surface area contributed by atoms with Gasteiger partial charge in [0.25, 0.3) is 0 Å². The third-order valence-corrected chi connectivity index (χ3v) is 4.60. The topological polar surface area (TPSA) is 40.5 Å². The van der Waals surface area contributed by atoms with Gasteiger partial charge in [0.1, 0.15) is 0 Å². The van der Waals surface area contributed by atoms with Gasteiger partial charge in [0.05, 0.1) is 6.10 Å². The first-order chi connectivity index (χ1) is 10.8. The van der Waals surface area contributed by atoms with E-state index in [1.54, 1.807) is 0 Å². The normalized spacial score (nSPS) is 12.7. The van der Waals surface area contributed by atoms with Crippen molar-refractivity contribution in [2.45, 2.75) is 122 Å². The van der Waals surface area contributed by atoms with Crippen molar-refractivity contribution in [3.8, 4) is 0 Å². The Bertz CT molecular complexity index is 194. The minimum Gasteiger partial charge on any atom is -0.396 e. The summed E-state index contributed by atoms with van der Waals surface area (Å²) < 4.78 is 0. The Labute approximate surface area is 139 Å². The quantitative estimate of drug-likeness (QED) is 0.305. The van der Waals surface area contributed by atoms with Crippen molar-refractivity contribution in [2.75, 3.05) is 6.61 Å². The van der Waals surface area contributed by atoms with E-state index in [0.717, 1.165) is 12.8 Å². The average Bonchev–Trinajstić information content (AvgIpc) is 2.51. The Morgan fingerprint density at radius 2 is 0.909 bits per heavy atom. The summed E-state index contributed by atoms with van der Waals surface area (Å²) in [5.41, 5.74) is 0. The van der Waals surface area contributed by atoms with Gasteiger partial charge in [0, 0.05) is 6.61 Å². The highest BCUT2D eigenvalue weighted by Gasteiger charge is 2.02. The largest absolute Gasteiger partial charge is 0.396 e. The maximum absolute atomic E-state index is 9.49. The molecule has 0 aromatic carbocycles. The fraction of sp³-hybridized carbons (Fsp3) is 1.00. The Morgan fingerprint density at radius 1 is 0.545 bits per heavy atom. The molecular weight excluding hydrogens is 272 g/mol. The van der Waals surface area contributed by atoms with Crippen LogP contribution < -0.4 is 0 Å². The van der Waals surface area contributed by atoms with Crippen molar-refractivity contribution in [1.29, 1.82) is 0 Å². The maximum Gasteiger partial charge on any atom is 0.0562 e. The summed E-state index contributed by atoms with van der Waals surface area (Å²) in [5, 5.41) is 18.2. The Morgan fingerprint density at radius 3 is 1.27 bits per heavy atom. The molecule has 0 rings (SSSR count). The van der Waals surface area contributed by atoms with Crippen molar-refractivity contribution in [2.24, 2.45) is 0 Å². The molecule has 2 heteroatoms. The van der Waals surface area contributed by atoms with Gasteiger partial charge in [-0.3, -0.25) is 0 Å². The number of unbranched alkanes of at least 4 members (excludes halogenated alkanes) is 14. The molecule has 2 N–H and O–H groups in total. The summed E-state index contributed by atoms with van der Waals surface area (Å²) in [4.78, 5) is 0. The Hall–Kier alpha value is -0.0800. The van der Waals surface area contributed by atoms with Crippen LogP contribution in [0, 0.1) is 0 Å². The SMILES string of the molecule is CCCCCCCCCCCCCCCCCC(O)CCO. The van der Waals surface area contributed by atoms with Crippen LogP contribution in [0.1, 0.15) is 116 Å². The molecule has 0 saturated heterocycles. The van der Waals surface area contributed by atoms with E-state index in [2.05, 4.69) is 6.92 Å². The molecule has 0 aromatic heterocycles. The van der Waals surface area contributed by atoms with Crippen LogP contribution in [0.3, 0.4) is 0 Å². The first-order valence-corrected chi connectivity index (χ1v) is 10.1. The summed E-state index contributed by atoms with van der Waals surface area (Å²) in [6.45, 7) is 2.39. The minimum absolute atomic E-state index is 0.111. The van der Waals surface area contributed by atoms with Crippen LogP contribution in [-0.4, -0.2) is 22.9 Å². The van der Waals surface area contributed by atoms with Crippen molar-refractivity contribution >= 4 is 0 Å². The van der Waals surface area contributed by atoms with E-state index in [1.165, 1.54) is 89.9 Å². The molecule has 0 aliphatic rings. The predicted octanol–water partition coefficient (Wildman–Crippen LogP) is 5.99. The molecule has 0 spiro atoms. The average molecular weight is 315 g/mol. The van der Waals surface area contributed by atoms with Gasteiger partial charge >= 0.3 is 0 Å². The number of rotatable bonds is 18. The van der Waals surface area contributed by atoms with Crippen LogP contribution in [0.5, 0.6) is 0 Å². The van der Waals surface area contributed by atoms with E-state index < -0.39 is 0 Å².